The quantitative estimate of drug-likeness (QED) is 0.802. The number of carbonyl (C=O) groups is 1. The van der Waals surface area contributed by atoms with Crippen LogP contribution in [0.2, 0.25) is 0 Å². The van der Waals surface area contributed by atoms with Gasteiger partial charge >= 0.3 is 0 Å². The van der Waals surface area contributed by atoms with Gasteiger partial charge in [0.05, 0.1) is 6.54 Å². The maximum absolute atomic E-state index is 13.0. The molecule has 1 aromatic heterocycles. The van der Waals surface area contributed by atoms with E-state index in [0.717, 1.165) is 5.82 Å². The molecule has 1 aromatic carbocycles. The molecule has 6 nitrogen and oxygen atoms in total. The van der Waals surface area contributed by atoms with Crippen LogP contribution >= 0.6 is 0 Å². The fourth-order valence-corrected chi connectivity index (χ4v) is 2.96. The maximum atomic E-state index is 13.0. The van der Waals surface area contributed by atoms with E-state index in [2.05, 4.69) is 4.98 Å². The number of benzene rings is 1. The number of imidazole rings is 1. The Morgan fingerprint density at radius 2 is 2.12 bits per heavy atom. The molecule has 0 spiro atoms. The number of ether oxygens (including phenoxy) is 2. The van der Waals surface area contributed by atoms with Crippen molar-refractivity contribution in [2.75, 3.05) is 26.8 Å². The van der Waals surface area contributed by atoms with Crippen molar-refractivity contribution in [3.8, 4) is 5.75 Å². The Labute approximate surface area is 146 Å². The molecule has 0 unspecified atom stereocenters. The van der Waals surface area contributed by atoms with Gasteiger partial charge in [0.2, 0.25) is 5.91 Å². The van der Waals surface area contributed by atoms with Gasteiger partial charge in [-0.1, -0.05) is 0 Å². The lowest BCUT2D eigenvalue weighted by Gasteiger charge is -2.28. The summed E-state index contributed by atoms with van der Waals surface area (Å²) >= 11 is 0. The summed E-state index contributed by atoms with van der Waals surface area (Å²) in [5.74, 6) is 1.12. The van der Waals surface area contributed by atoms with Crippen molar-refractivity contribution in [3.63, 3.8) is 0 Å². The predicted molar refractivity (Wildman–Crippen MR) is 89.8 cm³/mol. The summed E-state index contributed by atoms with van der Waals surface area (Å²) in [5.41, 5.74) is -0.548. The number of aromatic nitrogens is 2. The summed E-state index contributed by atoms with van der Waals surface area (Å²) in [6, 6.07) is 5.87. The van der Waals surface area contributed by atoms with E-state index in [1.807, 2.05) is 11.5 Å². The minimum absolute atomic E-state index is 0.0295. The lowest BCUT2D eigenvalue weighted by atomic mass is 10.0. The average Bonchev–Trinajstić information content (AvgIpc) is 3.22. The van der Waals surface area contributed by atoms with Gasteiger partial charge in [0.25, 0.3) is 0 Å². The molecule has 0 radical (unpaired) electrons. The third-order valence-corrected chi connectivity index (χ3v) is 4.65. The van der Waals surface area contributed by atoms with Gasteiger partial charge < -0.3 is 18.9 Å². The van der Waals surface area contributed by atoms with E-state index in [0.29, 0.717) is 31.9 Å². The minimum atomic E-state index is -0.548. The molecule has 1 amide bonds. The average molecular weight is 347 g/mol. The number of carbonyl (C=O) groups excluding carboxylic acids is 1. The van der Waals surface area contributed by atoms with Crippen molar-refractivity contribution in [1.29, 1.82) is 0 Å². The molecule has 0 aliphatic carbocycles. The third-order valence-electron chi connectivity index (χ3n) is 4.65. The number of hydrogen-bond acceptors (Lipinski definition) is 4. The Bertz CT molecular complexity index is 731. The molecular formula is C18H22FN3O3. The molecule has 0 saturated carbocycles. The van der Waals surface area contributed by atoms with Gasteiger partial charge in [-0.2, -0.15) is 0 Å². The second-order valence-electron chi connectivity index (χ2n) is 6.30. The monoisotopic (exact) mass is 347 g/mol. The molecule has 2 aromatic rings. The van der Waals surface area contributed by atoms with E-state index >= 15 is 0 Å². The summed E-state index contributed by atoms with van der Waals surface area (Å²) < 4.78 is 26.2. The van der Waals surface area contributed by atoms with Crippen molar-refractivity contribution in [2.45, 2.75) is 25.5 Å². The van der Waals surface area contributed by atoms with E-state index in [-0.39, 0.29) is 18.3 Å². The number of nitrogens with zero attached hydrogens (tertiary/aromatic N) is 3. The molecule has 7 heteroatoms. The predicted octanol–water partition coefficient (Wildman–Crippen LogP) is 2.03. The Kier molecular flexibility index (Phi) is 5.03. The number of hydrogen-bond donors (Lipinski definition) is 0. The van der Waals surface area contributed by atoms with E-state index in [4.69, 9.17) is 9.47 Å². The molecule has 2 heterocycles. The lowest BCUT2D eigenvalue weighted by molar-refractivity contribution is -0.132. The van der Waals surface area contributed by atoms with Gasteiger partial charge in [0.1, 0.15) is 36.1 Å². The molecule has 1 fully saturated rings. The van der Waals surface area contributed by atoms with Gasteiger partial charge in [-0.15, -0.1) is 0 Å². The van der Waals surface area contributed by atoms with Gasteiger partial charge in [-0.05, 0) is 37.6 Å². The van der Waals surface area contributed by atoms with Crippen LogP contribution in [0.3, 0.4) is 0 Å². The zero-order chi connectivity index (χ0) is 17.9. The van der Waals surface area contributed by atoms with Crippen LogP contribution in [0, 0.1) is 12.7 Å². The number of likely N-dealkylation sites (tertiary alicyclic amines) is 1. The normalized spacial score (nSPS) is 20.0. The van der Waals surface area contributed by atoms with E-state index in [1.165, 1.54) is 12.1 Å². The largest absolute Gasteiger partial charge is 0.491 e. The molecule has 134 valence electrons. The number of amides is 1. The van der Waals surface area contributed by atoms with E-state index < -0.39 is 5.60 Å². The summed E-state index contributed by atoms with van der Waals surface area (Å²) in [7, 11) is 1.63. The smallest absolute Gasteiger partial charge is 0.242 e. The number of methoxy groups -OCH3 is 1. The first kappa shape index (κ1) is 17.4. The topological polar surface area (TPSA) is 56.6 Å². The Balaban J connectivity index is 1.59. The Morgan fingerprint density at radius 3 is 2.76 bits per heavy atom. The maximum Gasteiger partial charge on any atom is 0.242 e. The highest BCUT2D eigenvalue weighted by molar-refractivity contribution is 5.76. The fourth-order valence-electron chi connectivity index (χ4n) is 2.96. The molecule has 1 atom stereocenters. The second kappa shape index (κ2) is 7.23. The first-order valence-corrected chi connectivity index (χ1v) is 8.20. The molecule has 3 rings (SSSR count). The summed E-state index contributed by atoms with van der Waals surface area (Å²) in [6.45, 7) is 3.53. The first-order chi connectivity index (χ1) is 12.0. The van der Waals surface area contributed by atoms with Gasteiger partial charge in [0, 0.05) is 26.0 Å². The standard InChI is InChI=1S/C18H22FN3O3/c1-14-20-8-10-21(14)11-17(23)22-9-7-18(12-22,24-2)13-25-16-5-3-15(19)4-6-16/h3-6,8,10H,7,9,11-13H2,1-2H3/t18-/m1/s1. The van der Waals surface area contributed by atoms with Crippen LogP contribution in [0.15, 0.2) is 36.7 Å². The summed E-state index contributed by atoms with van der Waals surface area (Å²) in [4.78, 5) is 18.4. The number of aryl methyl sites for hydroxylation is 1. The summed E-state index contributed by atoms with van der Waals surface area (Å²) in [5, 5.41) is 0. The van der Waals surface area contributed by atoms with Gasteiger partial charge in [0.15, 0.2) is 0 Å². The van der Waals surface area contributed by atoms with Crippen LogP contribution in [0.25, 0.3) is 0 Å². The van der Waals surface area contributed by atoms with Crippen molar-refractivity contribution < 1.29 is 18.7 Å². The van der Waals surface area contributed by atoms with Gasteiger partial charge in [-0.3, -0.25) is 4.79 Å². The second-order valence-corrected chi connectivity index (χ2v) is 6.30. The molecule has 1 aliphatic heterocycles. The lowest BCUT2D eigenvalue weighted by Crippen LogP contribution is -2.43. The zero-order valence-electron chi connectivity index (χ0n) is 14.4. The highest BCUT2D eigenvalue weighted by Crippen LogP contribution is 2.26. The fraction of sp³-hybridized carbons (Fsp3) is 0.444. The zero-order valence-corrected chi connectivity index (χ0v) is 14.4. The van der Waals surface area contributed by atoms with Crippen LogP contribution in [0.1, 0.15) is 12.2 Å². The van der Waals surface area contributed by atoms with Crippen molar-refractivity contribution in [3.05, 3.63) is 48.3 Å². The summed E-state index contributed by atoms with van der Waals surface area (Å²) in [6.07, 6.45) is 4.17. The van der Waals surface area contributed by atoms with E-state index in [1.54, 1.807) is 36.5 Å². The van der Waals surface area contributed by atoms with Crippen LogP contribution in [0.5, 0.6) is 5.75 Å². The molecular weight excluding hydrogens is 325 g/mol. The van der Waals surface area contributed by atoms with Crippen LogP contribution in [0.4, 0.5) is 4.39 Å². The molecule has 1 aliphatic rings. The molecule has 0 bridgehead atoms. The molecule has 1 saturated heterocycles. The highest BCUT2D eigenvalue weighted by Gasteiger charge is 2.41. The van der Waals surface area contributed by atoms with Gasteiger partial charge in [-0.25, -0.2) is 9.37 Å². The number of halogens is 1. The Morgan fingerprint density at radius 1 is 1.36 bits per heavy atom. The van der Waals surface area contributed by atoms with E-state index in [9.17, 15) is 9.18 Å². The van der Waals surface area contributed by atoms with Crippen LogP contribution < -0.4 is 4.74 Å². The molecule has 25 heavy (non-hydrogen) atoms. The Hall–Kier alpha value is -2.41. The third kappa shape index (κ3) is 3.99. The van der Waals surface area contributed by atoms with Crippen molar-refractivity contribution >= 4 is 5.91 Å². The van der Waals surface area contributed by atoms with Crippen LogP contribution in [-0.2, 0) is 16.1 Å². The minimum Gasteiger partial charge on any atom is -0.491 e. The molecule has 0 N–H and O–H groups in total. The van der Waals surface area contributed by atoms with Crippen molar-refractivity contribution in [2.24, 2.45) is 0 Å². The van der Waals surface area contributed by atoms with Crippen molar-refractivity contribution in [1.82, 2.24) is 14.5 Å². The van der Waals surface area contributed by atoms with Crippen LogP contribution in [-0.4, -0.2) is 52.8 Å². The highest BCUT2D eigenvalue weighted by atomic mass is 19.1. The SMILES string of the molecule is CO[C@]1(COc2ccc(F)cc2)CCN(C(=O)Cn2ccnc2C)C1. The number of rotatable bonds is 6. The first-order valence-electron chi connectivity index (χ1n) is 8.20.